The van der Waals surface area contributed by atoms with E-state index in [1.54, 1.807) is 0 Å². The first-order chi connectivity index (χ1) is 8.35. The molecule has 0 aliphatic carbocycles. The van der Waals surface area contributed by atoms with Gasteiger partial charge in [0.1, 0.15) is 0 Å². The zero-order chi connectivity index (χ0) is 13.8. The number of alkyl halides is 4. The van der Waals surface area contributed by atoms with Crippen molar-refractivity contribution < 1.29 is 17.6 Å². The van der Waals surface area contributed by atoms with E-state index in [1.165, 1.54) is 4.90 Å². The van der Waals surface area contributed by atoms with Crippen molar-refractivity contribution in [3.05, 3.63) is 0 Å². The maximum atomic E-state index is 13.1. The normalized spacial score (nSPS) is 22.2. The Morgan fingerprint density at radius 2 is 1.89 bits per heavy atom. The lowest BCUT2D eigenvalue weighted by atomic mass is 9.92. The molecule has 2 nitrogen and oxygen atoms in total. The summed E-state index contributed by atoms with van der Waals surface area (Å²) in [5, 5.41) is 3.37. The second-order valence-electron chi connectivity index (χ2n) is 5.04. The molecule has 0 atom stereocenters. The minimum absolute atomic E-state index is 0.227. The zero-order valence-electron chi connectivity index (χ0n) is 11.0. The van der Waals surface area contributed by atoms with Crippen LogP contribution in [0.25, 0.3) is 0 Å². The highest BCUT2D eigenvalue weighted by atomic mass is 19.3. The number of rotatable bonds is 5. The summed E-state index contributed by atoms with van der Waals surface area (Å²) >= 11 is 0. The van der Waals surface area contributed by atoms with Crippen molar-refractivity contribution in [3.8, 4) is 0 Å². The Morgan fingerprint density at radius 3 is 2.39 bits per heavy atom. The van der Waals surface area contributed by atoms with E-state index in [9.17, 15) is 17.6 Å². The molecular formula is C12H22F4N2. The van der Waals surface area contributed by atoms with Gasteiger partial charge in [-0.2, -0.15) is 8.78 Å². The number of nitrogens with one attached hydrogen (secondary N) is 1. The van der Waals surface area contributed by atoms with Gasteiger partial charge in [-0.3, -0.25) is 4.90 Å². The number of hydrogen-bond acceptors (Lipinski definition) is 2. The van der Waals surface area contributed by atoms with E-state index in [0.717, 1.165) is 19.4 Å². The fraction of sp³-hybridized carbons (Fsp3) is 1.00. The van der Waals surface area contributed by atoms with Crippen LogP contribution in [0.3, 0.4) is 0 Å². The molecule has 0 aromatic heterocycles. The minimum atomic E-state index is -3.92. The highest BCUT2D eigenvalue weighted by molar-refractivity contribution is 4.92. The largest absolute Gasteiger partial charge is 0.319 e. The first-order valence-electron chi connectivity index (χ1n) is 6.48. The monoisotopic (exact) mass is 270 g/mol. The van der Waals surface area contributed by atoms with Gasteiger partial charge in [0, 0.05) is 12.1 Å². The Hall–Kier alpha value is -0.360. The Morgan fingerprint density at radius 1 is 1.28 bits per heavy atom. The summed E-state index contributed by atoms with van der Waals surface area (Å²) in [5.74, 6) is -3.92. The number of nitrogens with zero attached hydrogens (tertiary/aromatic N) is 1. The topological polar surface area (TPSA) is 15.3 Å². The molecule has 1 saturated heterocycles. The van der Waals surface area contributed by atoms with Gasteiger partial charge in [0.2, 0.25) is 0 Å². The van der Waals surface area contributed by atoms with Crippen LogP contribution < -0.4 is 5.32 Å². The molecule has 0 radical (unpaired) electrons. The summed E-state index contributed by atoms with van der Waals surface area (Å²) in [6, 6.07) is 0. The molecule has 1 rings (SSSR count). The van der Waals surface area contributed by atoms with Crippen LogP contribution >= 0.6 is 0 Å². The molecule has 1 aliphatic heterocycles. The van der Waals surface area contributed by atoms with Crippen LogP contribution in [0.1, 0.15) is 33.1 Å². The average Bonchev–Trinajstić information content (AvgIpc) is 2.51. The van der Waals surface area contributed by atoms with Gasteiger partial charge in [0.25, 0.3) is 0 Å². The predicted octanol–water partition coefficient (Wildman–Crippen LogP) is 2.74. The second-order valence-corrected chi connectivity index (χ2v) is 5.04. The van der Waals surface area contributed by atoms with Gasteiger partial charge in [-0.05, 0) is 32.4 Å². The molecule has 0 amide bonds. The van der Waals surface area contributed by atoms with Crippen LogP contribution in [-0.4, -0.2) is 49.0 Å². The average molecular weight is 270 g/mol. The summed E-state index contributed by atoms with van der Waals surface area (Å²) < 4.78 is 50.7. The quantitative estimate of drug-likeness (QED) is 0.773. The highest BCUT2D eigenvalue weighted by Gasteiger charge is 2.43. The summed E-state index contributed by atoms with van der Waals surface area (Å²) in [7, 11) is 0. The molecule has 6 heteroatoms. The second kappa shape index (κ2) is 6.19. The number of hydrogen-bond donors (Lipinski definition) is 1. The third kappa shape index (κ3) is 3.82. The summed E-state index contributed by atoms with van der Waals surface area (Å²) in [6.07, 6.45) is -1.27. The van der Waals surface area contributed by atoms with Crippen molar-refractivity contribution in [2.45, 2.75) is 51.0 Å². The Balaban J connectivity index is 2.70. The van der Waals surface area contributed by atoms with Crippen molar-refractivity contribution in [2.75, 3.05) is 26.2 Å². The minimum Gasteiger partial charge on any atom is -0.310 e. The van der Waals surface area contributed by atoms with Gasteiger partial charge in [0.15, 0.2) is 0 Å². The maximum Gasteiger partial charge on any atom is 0.319 e. The van der Waals surface area contributed by atoms with Crippen molar-refractivity contribution in [2.24, 2.45) is 0 Å². The van der Waals surface area contributed by atoms with Crippen LogP contribution in [0.4, 0.5) is 17.6 Å². The lowest BCUT2D eigenvalue weighted by Crippen LogP contribution is -2.53. The van der Waals surface area contributed by atoms with Crippen molar-refractivity contribution >= 4 is 0 Å². The zero-order valence-corrected chi connectivity index (χ0v) is 11.0. The molecule has 0 spiro atoms. The van der Waals surface area contributed by atoms with E-state index < -0.39 is 18.9 Å². The van der Waals surface area contributed by atoms with Crippen LogP contribution in [0, 0.1) is 0 Å². The SMILES string of the molecule is CCC1(CC)CN(CC(F)(F)C(F)F)CCCN1. The Kier molecular flexibility index (Phi) is 5.40. The lowest BCUT2D eigenvalue weighted by Gasteiger charge is -2.36. The molecule has 0 saturated carbocycles. The van der Waals surface area contributed by atoms with Crippen molar-refractivity contribution in [1.82, 2.24) is 10.2 Å². The predicted molar refractivity (Wildman–Crippen MR) is 63.3 cm³/mol. The van der Waals surface area contributed by atoms with Gasteiger partial charge >= 0.3 is 12.3 Å². The molecule has 1 aliphatic rings. The van der Waals surface area contributed by atoms with E-state index >= 15 is 0 Å². The smallest absolute Gasteiger partial charge is 0.310 e. The summed E-state index contributed by atoms with van der Waals surface area (Å²) in [5.41, 5.74) is -0.227. The summed E-state index contributed by atoms with van der Waals surface area (Å²) in [6.45, 7) is 4.72. The molecule has 1 N–H and O–H groups in total. The van der Waals surface area contributed by atoms with Crippen molar-refractivity contribution in [3.63, 3.8) is 0 Å². The van der Waals surface area contributed by atoms with E-state index in [2.05, 4.69) is 5.32 Å². The van der Waals surface area contributed by atoms with Crippen LogP contribution in [0.2, 0.25) is 0 Å². The Bertz CT molecular complexity index is 254. The molecule has 0 bridgehead atoms. The Labute approximate surface area is 106 Å². The third-order valence-corrected chi connectivity index (χ3v) is 3.78. The van der Waals surface area contributed by atoms with Gasteiger partial charge in [-0.15, -0.1) is 0 Å². The van der Waals surface area contributed by atoms with Crippen LogP contribution in [0.15, 0.2) is 0 Å². The van der Waals surface area contributed by atoms with Gasteiger partial charge in [-0.1, -0.05) is 13.8 Å². The van der Waals surface area contributed by atoms with E-state index in [4.69, 9.17) is 0 Å². The fourth-order valence-electron chi connectivity index (χ4n) is 2.44. The molecule has 108 valence electrons. The summed E-state index contributed by atoms with van der Waals surface area (Å²) in [4.78, 5) is 1.47. The molecule has 0 aromatic rings. The van der Waals surface area contributed by atoms with Gasteiger partial charge < -0.3 is 5.32 Å². The number of halogens is 4. The van der Waals surface area contributed by atoms with Crippen LogP contribution in [-0.2, 0) is 0 Å². The van der Waals surface area contributed by atoms with E-state index in [-0.39, 0.29) is 5.54 Å². The fourth-order valence-corrected chi connectivity index (χ4v) is 2.44. The molecular weight excluding hydrogens is 248 g/mol. The third-order valence-electron chi connectivity index (χ3n) is 3.78. The van der Waals surface area contributed by atoms with Gasteiger partial charge in [-0.25, -0.2) is 8.78 Å². The first kappa shape index (κ1) is 15.7. The van der Waals surface area contributed by atoms with E-state index in [0.29, 0.717) is 19.5 Å². The molecule has 0 unspecified atom stereocenters. The molecule has 18 heavy (non-hydrogen) atoms. The maximum absolute atomic E-state index is 13.1. The first-order valence-corrected chi connectivity index (χ1v) is 6.48. The molecule has 1 heterocycles. The van der Waals surface area contributed by atoms with E-state index in [1.807, 2.05) is 13.8 Å². The molecule has 0 aromatic carbocycles. The van der Waals surface area contributed by atoms with Crippen LogP contribution in [0.5, 0.6) is 0 Å². The highest BCUT2D eigenvalue weighted by Crippen LogP contribution is 2.27. The molecule has 1 fully saturated rings. The van der Waals surface area contributed by atoms with Gasteiger partial charge in [0.05, 0.1) is 6.54 Å². The van der Waals surface area contributed by atoms with Crippen molar-refractivity contribution in [1.29, 1.82) is 0 Å². The standard InChI is InChI=1S/C12H22F4N2/c1-3-11(4-2)8-18(7-5-6-17-11)9-12(15,16)10(13)14/h10,17H,3-9H2,1-2H3. The lowest BCUT2D eigenvalue weighted by molar-refractivity contribution is -0.143.